The number of nitrogens with zero attached hydrogens (tertiary/aromatic N) is 1. The van der Waals surface area contributed by atoms with Crippen molar-refractivity contribution >= 4 is 37.5 Å². The number of rotatable bonds is 1. The molecule has 0 saturated carbocycles. The molecule has 78 valence electrons. The summed E-state index contributed by atoms with van der Waals surface area (Å²) in [6.07, 6.45) is 3.12. The van der Waals surface area contributed by atoms with Crippen molar-refractivity contribution in [3.8, 4) is 0 Å². The van der Waals surface area contributed by atoms with Crippen LogP contribution in [0.25, 0.3) is 20.2 Å². The molecule has 0 saturated heterocycles. The van der Waals surface area contributed by atoms with Crippen LogP contribution in [0, 0.1) is 0 Å². The van der Waals surface area contributed by atoms with E-state index in [1.165, 1.54) is 6.20 Å². The number of carboxylic acids is 1. The standard InChI is InChI=1S/C12H7NO2S/c14-12(15)8-5-13-6-10-11(8)7-3-1-2-4-9(7)16-10/h1-6H,(H,14,15). The first-order valence-electron chi connectivity index (χ1n) is 4.76. The quantitative estimate of drug-likeness (QED) is 0.697. The minimum atomic E-state index is -0.929. The molecule has 3 nitrogen and oxygen atoms in total. The van der Waals surface area contributed by atoms with E-state index in [0.717, 1.165) is 20.2 Å². The lowest BCUT2D eigenvalue weighted by Crippen LogP contribution is -1.97. The number of carboxylic acid groups (broad SMARTS) is 1. The van der Waals surface area contributed by atoms with Gasteiger partial charge in [-0.3, -0.25) is 4.98 Å². The summed E-state index contributed by atoms with van der Waals surface area (Å²) in [7, 11) is 0. The highest BCUT2D eigenvalue weighted by molar-refractivity contribution is 7.25. The third-order valence-corrected chi connectivity index (χ3v) is 3.62. The highest BCUT2D eigenvalue weighted by Crippen LogP contribution is 2.34. The van der Waals surface area contributed by atoms with Crippen molar-refractivity contribution in [2.45, 2.75) is 0 Å². The number of carbonyl (C=O) groups is 1. The summed E-state index contributed by atoms with van der Waals surface area (Å²) in [5, 5.41) is 10.9. The van der Waals surface area contributed by atoms with Gasteiger partial charge >= 0.3 is 5.97 Å². The van der Waals surface area contributed by atoms with Crippen molar-refractivity contribution in [1.82, 2.24) is 4.98 Å². The third kappa shape index (κ3) is 1.20. The van der Waals surface area contributed by atoms with Crippen LogP contribution in [0.4, 0.5) is 0 Å². The van der Waals surface area contributed by atoms with Gasteiger partial charge in [-0.1, -0.05) is 18.2 Å². The number of aromatic nitrogens is 1. The van der Waals surface area contributed by atoms with E-state index in [2.05, 4.69) is 4.98 Å². The van der Waals surface area contributed by atoms with Crippen LogP contribution in [0.2, 0.25) is 0 Å². The summed E-state index contributed by atoms with van der Waals surface area (Å²) in [6, 6.07) is 7.80. The lowest BCUT2D eigenvalue weighted by molar-refractivity contribution is 0.0698. The van der Waals surface area contributed by atoms with Crippen molar-refractivity contribution in [3.63, 3.8) is 0 Å². The minimum Gasteiger partial charge on any atom is -0.478 e. The molecule has 16 heavy (non-hydrogen) atoms. The summed E-state index contributed by atoms with van der Waals surface area (Å²) in [5.74, 6) is -0.929. The molecule has 0 fully saturated rings. The Labute approximate surface area is 95.0 Å². The largest absolute Gasteiger partial charge is 0.478 e. The molecule has 0 aliphatic carbocycles. The molecule has 3 aromatic rings. The predicted molar refractivity (Wildman–Crippen MR) is 64.1 cm³/mol. The van der Waals surface area contributed by atoms with Crippen LogP contribution in [0.5, 0.6) is 0 Å². The van der Waals surface area contributed by atoms with Crippen molar-refractivity contribution in [3.05, 3.63) is 42.2 Å². The van der Waals surface area contributed by atoms with E-state index in [1.807, 2.05) is 24.3 Å². The van der Waals surface area contributed by atoms with E-state index >= 15 is 0 Å². The van der Waals surface area contributed by atoms with Crippen LogP contribution >= 0.6 is 11.3 Å². The van der Waals surface area contributed by atoms with E-state index in [0.29, 0.717) is 0 Å². The number of thiophene rings is 1. The van der Waals surface area contributed by atoms with Crippen molar-refractivity contribution in [1.29, 1.82) is 0 Å². The van der Waals surface area contributed by atoms with E-state index in [-0.39, 0.29) is 5.56 Å². The van der Waals surface area contributed by atoms with Gasteiger partial charge in [0.05, 0.1) is 10.3 Å². The highest BCUT2D eigenvalue weighted by atomic mass is 32.1. The average Bonchev–Trinajstić information content (AvgIpc) is 2.66. The van der Waals surface area contributed by atoms with E-state index in [4.69, 9.17) is 5.11 Å². The smallest absolute Gasteiger partial charge is 0.337 e. The molecule has 4 heteroatoms. The molecule has 1 aromatic carbocycles. The van der Waals surface area contributed by atoms with Crippen LogP contribution in [0.3, 0.4) is 0 Å². The summed E-state index contributed by atoms with van der Waals surface area (Å²) in [5.41, 5.74) is 0.273. The Hall–Kier alpha value is -1.94. The van der Waals surface area contributed by atoms with Gasteiger partial charge in [-0.05, 0) is 6.07 Å². The second-order valence-corrected chi connectivity index (χ2v) is 4.55. The normalized spacial score (nSPS) is 11.0. The zero-order chi connectivity index (χ0) is 11.1. The summed E-state index contributed by atoms with van der Waals surface area (Å²) < 4.78 is 2.01. The molecule has 0 unspecified atom stereocenters. The lowest BCUT2D eigenvalue weighted by Gasteiger charge is -1.96. The molecule has 0 aliphatic heterocycles. The lowest BCUT2D eigenvalue weighted by atomic mass is 10.1. The molecule has 0 aliphatic rings. The first-order chi connectivity index (χ1) is 7.77. The van der Waals surface area contributed by atoms with Crippen LogP contribution < -0.4 is 0 Å². The van der Waals surface area contributed by atoms with Crippen molar-refractivity contribution in [2.75, 3.05) is 0 Å². The number of pyridine rings is 1. The Bertz CT molecular complexity index is 702. The number of hydrogen-bond acceptors (Lipinski definition) is 3. The summed E-state index contributed by atoms with van der Waals surface area (Å²) in [4.78, 5) is 15.1. The number of hydrogen-bond donors (Lipinski definition) is 1. The Kier molecular flexibility index (Phi) is 1.91. The molecule has 2 heterocycles. The van der Waals surface area contributed by atoms with Gasteiger partial charge in [0.15, 0.2) is 0 Å². The Morgan fingerprint density at radius 3 is 2.81 bits per heavy atom. The van der Waals surface area contributed by atoms with Gasteiger partial charge in [-0.25, -0.2) is 4.79 Å². The second kappa shape index (κ2) is 3.28. The maximum Gasteiger partial charge on any atom is 0.337 e. The van der Waals surface area contributed by atoms with Gasteiger partial charge in [-0.2, -0.15) is 0 Å². The van der Waals surface area contributed by atoms with Crippen LogP contribution in [-0.2, 0) is 0 Å². The number of benzene rings is 1. The van der Waals surface area contributed by atoms with E-state index < -0.39 is 5.97 Å². The SMILES string of the molecule is O=C(O)c1cncc2sc3ccccc3c12. The molecule has 1 N–H and O–H groups in total. The molecule has 0 radical (unpaired) electrons. The fourth-order valence-corrected chi connectivity index (χ4v) is 2.94. The first kappa shape index (κ1) is 9.30. The number of aromatic carboxylic acids is 1. The van der Waals surface area contributed by atoms with Crippen LogP contribution in [0.1, 0.15) is 10.4 Å². The maximum absolute atomic E-state index is 11.1. The molecule has 3 rings (SSSR count). The topological polar surface area (TPSA) is 50.2 Å². The minimum absolute atomic E-state index is 0.273. The zero-order valence-electron chi connectivity index (χ0n) is 8.18. The van der Waals surface area contributed by atoms with E-state index in [1.54, 1.807) is 17.5 Å². The third-order valence-electron chi connectivity index (χ3n) is 2.52. The van der Waals surface area contributed by atoms with Gasteiger partial charge in [0, 0.05) is 27.9 Å². The molecule has 2 aromatic heterocycles. The highest BCUT2D eigenvalue weighted by Gasteiger charge is 2.13. The molecule has 0 amide bonds. The predicted octanol–water partition coefficient (Wildman–Crippen LogP) is 3.15. The van der Waals surface area contributed by atoms with E-state index in [9.17, 15) is 4.79 Å². The van der Waals surface area contributed by atoms with Gasteiger partial charge in [0.25, 0.3) is 0 Å². The Morgan fingerprint density at radius 2 is 2.00 bits per heavy atom. The van der Waals surface area contributed by atoms with Crippen molar-refractivity contribution in [2.24, 2.45) is 0 Å². The Balaban J connectivity index is 2.57. The fourth-order valence-electron chi connectivity index (χ4n) is 1.84. The van der Waals surface area contributed by atoms with Gasteiger partial charge in [0.2, 0.25) is 0 Å². The molecular weight excluding hydrogens is 222 g/mol. The van der Waals surface area contributed by atoms with Crippen LogP contribution in [0.15, 0.2) is 36.7 Å². The second-order valence-electron chi connectivity index (χ2n) is 3.46. The molecular formula is C12H7NO2S. The molecule has 0 spiro atoms. The van der Waals surface area contributed by atoms with Gasteiger partial charge in [0.1, 0.15) is 0 Å². The molecule has 0 bridgehead atoms. The summed E-state index contributed by atoms with van der Waals surface area (Å²) >= 11 is 1.57. The molecule has 0 atom stereocenters. The van der Waals surface area contributed by atoms with Crippen molar-refractivity contribution < 1.29 is 9.90 Å². The van der Waals surface area contributed by atoms with Gasteiger partial charge in [-0.15, -0.1) is 11.3 Å². The maximum atomic E-state index is 11.1. The zero-order valence-corrected chi connectivity index (χ0v) is 8.99. The fraction of sp³-hybridized carbons (Fsp3) is 0. The average molecular weight is 229 g/mol. The number of fused-ring (bicyclic) bond motifs is 3. The van der Waals surface area contributed by atoms with Crippen LogP contribution in [-0.4, -0.2) is 16.1 Å². The Morgan fingerprint density at radius 1 is 1.19 bits per heavy atom. The first-order valence-corrected chi connectivity index (χ1v) is 5.57. The van der Waals surface area contributed by atoms with Gasteiger partial charge < -0.3 is 5.11 Å². The summed E-state index contributed by atoms with van der Waals surface area (Å²) in [6.45, 7) is 0. The monoisotopic (exact) mass is 229 g/mol.